The minimum Gasteiger partial charge on any atom is -0.349 e. The van der Waals surface area contributed by atoms with Gasteiger partial charge in [-0.2, -0.15) is 0 Å². The summed E-state index contributed by atoms with van der Waals surface area (Å²) in [5.41, 5.74) is 0.814. The van der Waals surface area contributed by atoms with Crippen LogP contribution in [0.25, 0.3) is 0 Å². The molecule has 1 aromatic heterocycles. The predicted octanol–water partition coefficient (Wildman–Crippen LogP) is 3.00. The topological polar surface area (TPSA) is 32.3 Å². The van der Waals surface area contributed by atoms with E-state index in [0.29, 0.717) is 18.6 Å². The number of rotatable bonds is 5. The summed E-state index contributed by atoms with van der Waals surface area (Å²) in [5, 5.41) is 0. The summed E-state index contributed by atoms with van der Waals surface area (Å²) >= 11 is 0. The highest BCUT2D eigenvalue weighted by Crippen LogP contribution is 2.34. The third kappa shape index (κ3) is 3.24. The highest BCUT2D eigenvalue weighted by molar-refractivity contribution is 5.42. The van der Waals surface area contributed by atoms with Crippen molar-refractivity contribution in [3.05, 3.63) is 54.0 Å². The summed E-state index contributed by atoms with van der Waals surface area (Å²) in [5.74, 6) is -0.572. The Morgan fingerprint density at radius 1 is 1.08 bits per heavy atom. The quantitative estimate of drug-likeness (QED) is 0.844. The molecule has 1 saturated heterocycles. The van der Waals surface area contributed by atoms with E-state index in [1.54, 1.807) is 18.6 Å². The van der Waals surface area contributed by atoms with Gasteiger partial charge in [-0.05, 0) is 43.0 Å². The summed E-state index contributed by atoms with van der Waals surface area (Å²) in [7, 11) is 0. The fourth-order valence-electron chi connectivity index (χ4n) is 3.54. The van der Waals surface area contributed by atoms with E-state index in [1.807, 2.05) is 6.07 Å². The van der Waals surface area contributed by atoms with Crippen LogP contribution in [0.5, 0.6) is 0 Å². The van der Waals surface area contributed by atoms with Gasteiger partial charge in [-0.3, -0.25) is 4.90 Å². The van der Waals surface area contributed by atoms with E-state index in [9.17, 15) is 8.78 Å². The molecule has 4 nitrogen and oxygen atoms in total. The molecule has 2 fully saturated rings. The molecular formula is C18H20F2N4. The molecule has 126 valence electrons. The van der Waals surface area contributed by atoms with Crippen molar-refractivity contribution in [3.8, 4) is 0 Å². The second kappa shape index (κ2) is 6.43. The molecule has 1 saturated carbocycles. The Kier molecular flexibility index (Phi) is 4.14. The maximum atomic E-state index is 13.4. The Morgan fingerprint density at radius 3 is 2.67 bits per heavy atom. The smallest absolute Gasteiger partial charge is 0.159 e. The number of nitrogens with zero attached hydrogens (tertiary/aromatic N) is 4. The van der Waals surface area contributed by atoms with Gasteiger partial charge in [-0.15, -0.1) is 0 Å². The van der Waals surface area contributed by atoms with Gasteiger partial charge in [-0.25, -0.2) is 18.7 Å². The van der Waals surface area contributed by atoms with Crippen molar-refractivity contribution in [2.24, 2.45) is 0 Å². The lowest BCUT2D eigenvalue weighted by Crippen LogP contribution is -2.39. The number of aromatic nitrogens is 2. The van der Waals surface area contributed by atoms with Gasteiger partial charge in [0.05, 0.1) is 0 Å². The first kappa shape index (κ1) is 15.4. The maximum absolute atomic E-state index is 13.4. The first-order valence-electron chi connectivity index (χ1n) is 8.41. The minimum atomic E-state index is -0.790. The molecular weight excluding hydrogens is 310 g/mol. The van der Waals surface area contributed by atoms with Gasteiger partial charge >= 0.3 is 0 Å². The molecule has 6 heteroatoms. The highest BCUT2D eigenvalue weighted by atomic mass is 19.2. The molecule has 1 aliphatic carbocycles. The Morgan fingerprint density at radius 2 is 1.96 bits per heavy atom. The minimum absolute atomic E-state index is 0.415. The van der Waals surface area contributed by atoms with Crippen molar-refractivity contribution in [2.45, 2.75) is 37.9 Å². The monoisotopic (exact) mass is 330 g/mol. The zero-order valence-electron chi connectivity index (χ0n) is 13.4. The van der Waals surface area contributed by atoms with Crippen molar-refractivity contribution in [1.82, 2.24) is 14.9 Å². The largest absolute Gasteiger partial charge is 0.349 e. The van der Waals surface area contributed by atoms with Crippen molar-refractivity contribution in [3.63, 3.8) is 0 Å². The Hall–Kier alpha value is -2.08. The lowest BCUT2D eigenvalue weighted by molar-refractivity contribution is 0.323. The third-order valence-corrected chi connectivity index (χ3v) is 4.80. The Balaban J connectivity index is 1.44. The van der Waals surface area contributed by atoms with Gasteiger partial charge in [0.1, 0.15) is 12.1 Å². The fraction of sp³-hybridized carbons (Fsp3) is 0.444. The second-order valence-corrected chi connectivity index (χ2v) is 6.63. The molecule has 2 aromatic rings. The van der Waals surface area contributed by atoms with Gasteiger partial charge < -0.3 is 4.90 Å². The first-order valence-corrected chi connectivity index (χ1v) is 8.41. The van der Waals surface area contributed by atoms with Crippen LogP contribution in [0.15, 0.2) is 36.8 Å². The van der Waals surface area contributed by atoms with Crippen molar-refractivity contribution in [2.75, 3.05) is 18.0 Å². The van der Waals surface area contributed by atoms with Crippen LogP contribution < -0.4 is 4.90 Å². The molecule has 4 rings (SSSR count). The van der Waals surface area contributed by atoms with Crippen molar-refractivity contribution < 1.29 is 8.78 Å². The number of halogens is 2. The molecule has 2 heterocycles. The second-order valence-electron chi connectivity index (χ2n) is 6.63. The molecule has 24 heavy (non-hydrogen) atoms. The molecule has 1 aromatic carbocycles. The Labute approximate surface area is 140 Å². The summed E-state index contributed by atoms with van der Waals surface area (Å²) in [6.45, 7) is 2.52. The fourth-order valence-corrected chi connectivity index (χ4v) is 3.54. The van der Waals surface area contributed by atoms with Gasteiger partial charge in [0, 0.05) is 37.9 Å². The van der Waals surface area contributed by atoms with Crippen LogP contribution in [-0.4, -0.2) is 40.0 Å². The molecule has 0 radical (unpaired) electrons. The average Bonchev–Trinajstić information content (AvgIpc) is 3.32. The van der Waals surface area contributed by atoms with E-state index in [2.05, 4.69) is 19.8 Å². The first-order chi connectivity index (χ1) is 11.7. The summed E-state index contributed by atoms with van der Waals surface area (Å²) < 4.78 is 26.4. The molecule has 1 aliphatic heterocycles. The van der Waals surface area contributed by atoms with E-state index in [1.165, 1.54) is 25.0 Å². The van der Waals surface area contributed by atoms with E-state index in [0.717, 1.165) is 30.9 Å². The summed E-state index contributed by atoms with van der Waals surface area (Å²) in [6, 6.07) is 7.12. The number of benzene rings is 1. The zero-order chi connectivity index (χ0) is 16.5. The average molecular weight is 330 g/mol. The predicted molar refractivity (Wildman–Crippen MR) is 87.6 cm³/mol. The van der Waals surface area contributed by atoms with Gasteiger partial charge in [0.25, 0.3) is 0 Å². The highest BCUT2D eigenvalue weighted by Gasteiger charge is 2.37. The maximum Gasteiger partial charge on any atom is 0.159 e. The third-order valence-electron chi connectivity index (χ3n) is 4.80. The molecule has 0 spiro atoms. The summed E-state index contributed by atoms with van der Waals surface area (Å²) in [4.78, 5) is 13.1. The van der Waals surface area contributed by atoms with Gasteiger partial charge in [-0.1, -0.05) is 6.07 Å². The van der Waals surface area contributed by atoms with Crippen LogP contribution in [0.3, 0.4) is 0 Å². The Bertz CT molecular complexity index is 705. The number of anilines is 1. The standard InChI is InChI=1S/C18H20F2N4/c19-16-4-1-13(9-17(16)20)10-23-8-6-15(11-23)24(14-2-3-14)18-5-7-21-12-22-18/h1,4-5,7,9,12,14-15H,2-3,6,8,10-11H2. The lowest BCUT2D eigenvalue weighted by atomic mass is 10.2. The van der Waals surface area contributed by atoms with E-state index in [4.69, 9.17) is 0 Å². The SMILES string of the molecule is Fc1ccc(CN2CCC(N(c3ccncn3)C3CC3)C2)cc1F. The molecule has 2 aliphatic rings. The molecule has 1 unspecified atom stereocenters. The number of hydrogen-bond donors (Lipinski definition) is 0. The summed E-state index contributed by atoms with van der Waals surface area (Å²) in [6.07, 6.45) is 6.86. The van der Waals surface area contributed by atoms with Crippen LogP contribution in [0, 0.1) is 11.6 Å². The van der Waals surface area contributed by atoms with Crippen LogP contribution in [0.1, 0.15) is 24.8 Å². The van der Waals surface area contributed by atoms with Crippen LogP contribution >= 0.6 is 0 Å². The van der Waals surface area contributed by atoms with Crippen molar-refractivity contribution in [1.29, 1.82) is 0 Å². The van der Waals surface area contributed by atoms with Crippen LogP contribution in [0.4, 0.5) is 14.6 Å². The van der Waals surface area contributed by atoms with Gasteiger partial charge in [0.15, 0.2) is 11.6 Å². The number of likely N-dealkylation sites (tertiary alicyclic amines) is 1. The van der Waals surface area contributed by atoms with E-state index >= 15 is 0 Å². The van der Waals surface area contributed by atoms with Gasteiger partial charge in [0.2, 0.25) is 0 Å². The van der Waals surface area contributed by atoms with E-state index < -0.39 is 11.6 Å². The molecule has 0 bridgehead atoms. The molecule has 1 atom stereocenters. The van der Waals surface area contributed by atoms with E-state index in [-0.39, 0.29) is 0 Å². The zero-order valence-corrected chi connectivity index (χ0v) is 13.4. The van der Waals surface area contributed by atoms with Crippen molar-refractivity contribution >= 4 is 5.82 Å². The molecule has 0 N–H and O–H groups in total. The normalized spacial score (nSPS) is 21.2. The molecule has 0 amide bonds. The van der Waals surface area contributed by atoms with Crippen LogP contribution in [-0.2, 0) is 6.54 Å². The van der Waals surface area contributed by atoms with Crippen LogP contribution in [0.2, 0.25) is 0 Å². The number of hydrogen-bond acceptors (Lipinski definition) is 4. The lowest BCUT2D eigenvalue weighted by Gasteiger charge is -2.30.